The van der Waals surface area contributed by atoms with Crippen molar-refractivity contribution in [1.29, 1.82) is 0 Å². The SMILES string of the molecule is O=C(NCc1cn(-c2cccnc2)nn1)c1ccc(-c2cccc(Cl)c2)cc1. The van der Waals surface area contributed by atoms with Crippen LogP contribution in [0.3, 0.4) is 0 Å². The largest absolute Gasteiger partial charge is 0.346 e. The van der Waals surface area contributed by atoms with Gasteiger partial charge in [0.25, 0.3) is 5.91 Å². The third-order valence-electron chi connectivity index (χ3n) is 4.19. The number of pyridine rings is 1. The van der Waals surface area contributed by atoms with Gasteiger partial charge in [-0.25, -0.2) is 4.68 Å². The molecule has 2 heterocycles. The van der Waals surface area contributed by atoms with Gasteiger partial charge in [-0.2, -0.15) is 0 Å². The van der Waals surface area contributed by atoms with E-state index < -0.39 is 0 Å². The van der Waals surface area contributed by atoms with Gasteiger partial charge in [-0.3, -0.25) is 9.78 Å². The van der Waals surface area contributed by atoms with Gasteiger partial charge in [0.15, 0.2) is 0 Å². The lowest BCUT2D eigenvalue weighted by Gasteiger charge is -2.06. The molecule has 138 valence electrons. The van der Waals surface area contributed by atoms with E-state index in [4.69, 9.17) is 11.6 Å². The maximum Gasteiger partial charge on any atom is 0.251 e. The zero-order chi connectivity index (χ0) is 19.3. The summed E-state index contributed by atoms with van der Waals surface area (Å²) in [5.41, 5.74) is 4.05. The van der Waals surface area contributed by atoms with Crippen LogP contribution in [0.5, 0.6) is 0 Å². The van der Waals surface area contributed by atoms with Crippen LogP contribution in [0.1, 0.15) is 16.1 Å². The lowest BCUT2D eigenvalue weighted by Crippen LogP contribution is -2.22. The van der Waals surface area contributed by atoms with E-state index in [1.165, 1.54) is 0 Å². The monoisotopic (exact) mass is 389 g/mol. The smallest absolute Gasteiger partial charge is 0.251 e. The minimum Gasteiger partial charge on any atom is -0.346 e. The van der Waals surface area contributed by atoms with Gasteiger partial charge in [-0.05, 0) is 47.5 Å². The van der Waals surface area contributed by atoms with Crippen molar-refractivity contribution < 1.29 is 4.79 Å². The highest BCUT2D eigenvalue weighted by molar-refractivity contribution is 6.30. The Kier molecular flexibility index (Phi) is 5.12. The van der Waals surface area contributed by atoms with Crippen LogP contribution < -0.4 is 5.32 Å². The van der Waals surface area contributed by atoms with Crippen LogP contribution in [0.25, 0.3) is 16.8 Å². The summed E-state index contributed by atoms with van der Waals surface area (Å²) in [6.07, 6.45) is 5.15. The number of carbonyl (C=O) groups excluding carboxylic acids is 1. The fourth-order valence-electron chi connectivity index (χ4n) is 2.75. The topological polar surface area (TPSA) is 72.7 Å². The number of nitrogens with zero attached hydrogens (tertiary/aromatic N) is 4. The summed E-state index contributed by atoms with van der Waals surface area (Å²) in [6.45, 7) is 0.287. The third-order valence-corrected chi connectivity index (χ3v) is 4.42. The number of amides is 1. The van der Waals surface area contributed by atoms with Crippen molar-refractivity contribution in [3.63, 3.8) is 0 Å². The lowest BCUT2D eigenvalue weighted by atomic mass is 10.0. The van der Waals surface area contributed by atoms with Gasteiger partial charge < -0.3 is 5.32 Å². The molecule has 0 spiro atoms. The zero-order valence-electron chi connectivity index (χ0n) is 14.8. The minimum atomic E-state index is -0.173. The third kappa shape index (κ3) is 4.07. The number of carbonyl (C=O) groups is 1. The van der Waals surface area contributed by atoms with Crippen LogP contribution >= 0.6 is 11.6 Å². The van der Waals surface area contributed by atoms with Gasteiger partial charge in [-0.1, -0.05) is 41.1 Å². The summed E-state index contributed by atoms with van der Waals surface area (Å²) < 4.78 is 1.62. The van der Waals surface area contributed by atoms with Gasteiger partial charge in [-0.15, -0.1) is 5.10 Å². The molecule has 2 aromatic carbocycles. The number of hydrogen-bond donors (Lipinski definition) is 1. The van der Waals surface area contributed by atoms with E-state index in [9.17, 15) is 4.79 Å². The van der Waals surface area contributed by atoms with E-state index in [1.54, 1.807) is 35.4 Å². The van der Waals surface area contributed by atoms with Crippen molar-refractivity contribution in [1.82, 2.24) is 25.3 Å². The number of aromatic nitrogens is 4. The molecule has 1 N–H and O–H groups in total. The molecule has 1 amide bonds. The Balaban J connectivity index is 1.40. The predicted octanol–water partition coefficient (Wildman–Crippen LogP) is 3.91. The van der Waals surface area contributed by atoms with Crippen LogP contribution in [-0.4, -0.2) is 25.9 Å². The molecule has 4 rings (SSSR count). The molecule has 4 aromatic rings. The van der Waals surface area contributed by atoms with Crippen molar-refractivity contribution in [2.45, 2.75) is 6.54 Å². The Morgan fingerprint density at radius 1 is 1.04 bits per heavy atom. The van der Waals surface area contributed by atoms with Crippen molar-refractivity contribution in [2.75, 3.05) is 0 Å². The van der Waals surface area contributed by atoms with Crippen molar-refractivity contribution in [3.05, 3.63) is 95.5 Å². The van der Waals surface area contributed by atoms with Crippen molar-refractivity contribution >= 4 is 17.5 Å². The van der Waals surface area contributed by atoms with Crippen molar-refractivity contribution in [2.24, 2.45) is 0 Å². The van der Waals surface area contributed by atoms with Gasteiger partial charge in [0, 0.05) is 16.8 Å². The first-order valence-corrected chi connectivity index (χ1v) is 9.03. The molecule has 0 aliphatic rings. The van der Waals surface area contributed by atoms with Gasteiger partial charge >= 0.3 is 0 Å². The second kappa shape index (κ2) is 8.02. The Bertz CT molecular complexity index is 1090. The molecule has 0 atom stereocenters. The Labute approximate surface area is 166 Å². The summed E-state index contributed by atoms with van der Waals surface area (Å²) >= 11 is 6.04. The molecule has 0 saturated heterocycles. The molecule has 0 unspecified atom stereocenters. The summed E-state index contributed by atoms with van der Waals surface area (Å²) in [5, 5.41) is 11.7. The number of rotatable bonds is 5. The number of benzene rings is 2. The highest BCUT2D eigenvalue weighted by Crippen LogP contribution is 2.23. The molecule has 0 saturated carbocycles. The van der Waals surface area contributed by atoms with Crippen molar-refractivity contribution in [3.8, 4) is 16.8 Å². The lowest BCUT2D eigenvalue weighted by molar-refractivity contribution is 0.0950. The van der Waals surface area contributed by atoms with E-state index in [1.807, 2.05) is 48.5 Å². The van der Waals surface area contributed by atoms with Gasteiger partial charge in [0.1, 0.15) is 5.69 Å². The average molecular weight is 390 g/mol. The van der Waals surface area contributed by atoms with Gasteiger partial charge in [0.2, 0.25) is 0 Å². The Morgan fingerprint density at radius 2 is 1.89 bits per heavy atom. The maximum absolute atomic E-state index is 12.4. The van der Waals surface area contributed by atoms with E-state index in [0.29, 0.717) is 16.3 Å². The molecule has 28 heavy (non-hydrogen) atoms. The summed E-state index contributed by atoms with van der Waals surface area (Å²) in [6, 6.07) is 18.7. The number of nitrogens with one attached hydrogen (secondary N) is 1. The first-order chi connectivity index (χ1) is 13.7. The van der Waals surface area contributed by atoms with Crippen LogP contribution in [0.2, 0.25) is 5.02 Å². The highest BCUT2D eigenvalue weighted by atomic mass is 35.5. The molecule has 0 aliphatic carbocycles. The fraction of sp³-hybridized carbons (Fsp3) is 0.0476. The molecular weight excluding hydrogens is 374 g/mol. The second-order valence-corrected chi connectivity index (χ2v) is 6.57. The van der Waals surface area contributed by atoms with Crippen LogP contribution in [0.4, 0.5) is 0 Å². The standard InChI is InChI=1S/C21H16ClN5O/c22-18-4-1-3-17(11-18)15-6-8-16(9-7-15)21(28)24-12-19-14-27(26-25-19)20-5-2-10-23-13-20/h1-11,13-14H,12H2,(H,24,28). The first kappa shape index (κ1) is 17.9. The molecular formula is C21H16ClN5O. The highest BCUT2D eigenvalue weighted by Gasteiger charge is 2.08. The predicted molar refractivity (Wildman–Crippen MR) is 107 cm³/mol. The summed E-state index contributed by atoms with van der Waals surface area (Å²) in [5.74, 6) is -0.173. The molecule has 7 heteroatoms. The quantitative estimate of drug-likeness (QED) is 0.561. The molecule has 0 bridgehead atoms. The average Bonchev–Trinajstić information content (AvgIpc) is 3.22. The molecule has 0 radical (unpaired) electrons. The number of hydrogen-bond acceptors (Lipinski definition) is 4. The Morgan fingerprint density at radius 3 is 2.64 bits per heavy atom. The fourth-order valence-corrected chi connectivity index (χ4v) is 2.94. The van der Waals surface area contributed by atoms with E-state index in [0.717, 1.165) is 16.8 Å². The molecule has 6 nitrogen and oxygen atoms in total. The van der Waals surface area contributed by atoms with Crippen LogP contribution in [-0.2, 0) is 6.54 Å². The number of halogens is 1. The molecule has 0 aliphatic heterocycles. The molecule has 2 aromatic heterocycles. The summed E-state index contributed by atoms with van der Waals surface area (Å²) in [4.78, 5) is 16.5. The second-order valence-electron chi connectivity index (χ2n) is 6.14. The summed E-state index contributed by atoms with van der Waals surface area (Å²) in [7, 11) is 0. The molecule has 0 fully saturated rings. The Hall–Kier alpha value is -3.51. The first-order valence-electron chi connectivity index (χ1n) is 8.65. The van der Waals surface area contributed by atoms with E-state index in [-0.39, 0.29) is 12.5 Å². The van der Waals surface area contributed by atoms with E-state index in [2.05, 4.69) is 20.6 Å². The normalized spacial score (nSPS) is 10.6. The van der Waals surface area contributed by atoms with Gasteiger partial charge in [0.05, 0.1) is 24.6 Å². The van der Waals surface area contributed by atoms with E-state index >= 15 is 0 Å². The minimum absolute atomic E-state index is 0.173. The maximum atomic E-state index is 12.4. The van der Waals surface area contributed by atoms with Crippen LogP contribution in [0.15, 0.2) is 79.3 Å². The zero-order valence-corrected chi connectivity index (χ0v) is 15.5. The van der Waals surface area contributed by atoms with Crippen LogP contribution in [0, 0.1) is 0 Å².